The molecule has 4 rings (SSSR count). The molecule has 0 saturated carbocycles. The van der Waals surface area contributed by atoms with Crippen molar-refractivity contribution in [1.29, 1.82) is 0 Å². The van der Waals surface area contributed by atoms with E-state index in [1.165, 1.54) is 4.90 Å². The van der Waals surface area contributed by atoms with Crippen molar-refractivity contribution in [2.24, 2.45) is 11.8 Å². The summed E-state index contributed by atoms with van der Waals surface area (Å²) in [4.78, 5) is 39.8. The van der Waals surface area contributed by atoms with Crippen LogP contribution in [0.3, 0.4) is 0 Å². The molecule has 1 fully saturated rings. The number of aryl methyl sites for hydroxylation is 1. The number of carbonyl (C=O) groups is 3. The van der Waals surface area contributed by atoms with Crippen LogP contribution < -0.4 is 10.2 Å². The van der Waals surface area contributed by atoms with Crippen molar-refractivity contribution in [2.75, 3.05) is 10.2 Å². The molecule has 1 heterocycles. The summed E-state index contributed by atoms with van der Waals surface area (Å²) in [6.07, 6.45) is 3.23. The number of imide groups is 1. The summed E-state index contributed by atoms with van der Waals surface area (Å²) in [7, 11) is 0. The normalized spacial score (nSPS) is 21.1. The molecule has 3 amide bonds. The lowest BCUT2D eigenvalue weighted by molar-refractivity contribution is -0.122. The molecule has 148 valence electrons. The van der Waals surface area contributed by atoms with E-state index in [1.807, 2.05) is 26.0 Å². The summed E-state index contributed by atoms with van der Waals surface area (Å²) in [6.45, 7) is 3.86. The van der Waals surface area contributed by atoms with E-state index in [9.17, 15) is 14.4 Å². The molecule has 2 aromatic rings. The zero-order chi connectivity index (χ0) is 20.7. The second kappa shape index (κ2) is 7.48. The minimum Gasteiger partial charge on any atom is -0.322 e. The van der Waals surface area contributed by atoms with Gasteiger partial charge in [-0.05, 0) is 62.6 Å². The Hall–Kier alpha value is -2.92. The quantitative estimate of drug-likeness (QED) is 0.588. The van der Waals surface area contributed by atoms with Crippen molar-refractivity contribution in [3.8, 4) is 0 Å². The minimum absolute atomic E-state index is 0.185. The number of anilines is 2. The van der Waals surface area contributed by atoms with E-state index in [0.29, 0.717) is 34.8 Å². The van der Waals surface area contributed by atoms with Gasteiger partial charge in [0.25, 0.3) is 5.91 Å². The average Bonchev–Trinajstić information content (AvgIpc) is 2.94. The van der Waals surface area contributed by atoms with Crippen LogP contribution in [0.2, 0.25) is 5.02 Å². The highest BCUT2D eigenvalue weighted by molar-refractivity contribution is 6.31. The number of hydrogen-bond acceptors (Lipinski definition) is 3. The Morgan fingerprint density at radius 1 is 1.07 bits per heavy atom. The van der Waals surface area contributed by atoms with Gasteiger partial charge in [0.15, 0.2) is 0 Å². The lowest BCUT2D eigenvalue weighted by Crippen LogP contribution is -2.31. The van der Waals surface area contributed by atoms with E-state index < -0.39 is 0 Å². The van der Waals surface area contributed by atoms with Gasteiger partial charge in [-0.2, -0.15) is 0 Å². The zero-order valence-corrected chi connectivity index (χ0v) is 17.0. The van der Waals surface area contributed by atoms with Gasteiger partial charge in [0.1, 0.15) is 0 Å². The molecule has 1 N–H and O–H groups in total. The number of amides is 3. The fourth-order valence-electron chi connectivity index (χ4n) is 4.00. The first-order valence-electron chi connectivity index (χ1n) is 9.56. The maximum absolute atomic E-state index is 12.9. The second-order valence-corrected chi connectivity index (χ2v) is 8.12. The van der Waals surface area contributed by atoms with Gasteiger partial charge in [0.05, 0.1) is 17.5 Å². The van der Waals surface area contributed by atoms with Crippen LogP contribution in [0.25, 0.3) is 0 Å². The third-order valence-electron chi connectivity index (χ3n) is 5.64. The van der Waals surface area contributed by atoms with Crippen LogP contribution in [0, 0.1) is 18.8 Å². The van der Waals surface area contributed by atoms with Crippen LogP contribution in [-0.2, 0) is 9.59 Å². The van der Waals surface area contributed by atoms with Crippen LogP contribution in [0.1, 0.15) is 35.7 Å². The highest BCUT2D eigenvalue weighted by atomic mass is 35.5. The maximum atomic E-state index is 12.9. The summed E-state index contributed by atoms with van der Waals surface area (Å²) >= 11 is 6.02. The lowest BCUT2D eigenvalue weighted by atomic mass is 9.82. The molecule has 0 radical (unpaired) electrons. The molecule has 0 unspecified atom stereocenters. The Labute approximate surface area is 174 Å². The average molecular weight is 409 g/mol. The molecule has 2 atom stereocenters. The molecule has 0 bridgehead atoms. The summed E-state index contributed by atoms with van der Waals surface area (Å²) in [5.74, 6) is -1.31. The third kappa shape index (κ3) is 3.58. The van der Waals surface area contributed by atoms with Gasteiger partial charge in [-0.15, -0.1) is 0 Å². The number of benzene rings is 2. The highest BCUT2D eigenvalue weighted by Gasteiger charge is 2.48. The fourth-order valence-corrected chi connectivity index (χ4v) is 4.17. The van der Waals surface area contributed by atoms with E-state index in [4.69, 9.17) is 11.6 Å². The molecule has 2 aromatic carbocycles. The van der Waals surface area contributed by atoms with Crippen LogP contribution >= 0.6 is 11.6 Å². The van der Waals surface area contributed by atoms with E-state index in [-0.39, 0.29) is 29.6 Å². The maximum Gasteiger partial charge on any atom is 0.255 e. The van der Waals surface area contributed by atoms with Gasteiger partial charge in [-0.1, -0.05) is 35.4 Å². The Kier molecular flexibility index (Phi) is 5.01. The molecule has 1 aliphatic carbocycles. The van der Waals surface area contributed by atoms with E-state index in [2.05, 4.69) is 5.32 Å². The molecular weight excluding hydrogens is 388 g/mol. The third-order valence-corrected chi connectivity index (χ3v) is 5.87. The van der Waals surface area contributed by atoms with Crippen molar-refractivity contribution < 1.29 is 14.4 Å². The molecule has 29 heavy (non-hydrogen) atoms. The Morgan fingerprint density at radius 2 is 1.83 bits per heavy atom. The van der Waals surface area contributed by atoms with Crippen molar-refractivity contribution in [3.05, 3.63) is 70.3 Å². The molecule has 1 aliphatic heterocycles. The second-order valence-electron chi connectivity index (χ2n) is 7.68. The number of nitrogens with zero attached hydrogens (tertiary/aromatic N) is 1. The SMILES string of the molecule is CC1=CC[C@@H]2C(=O)N(c3cccc(C(=O)Nc4cc(Cl)ccc4C)c3)C(=O)[C@H]2C1. The highest BCUT2D eigenvalue weighted by Crippen LogP contribution is 2.39. The Balaban J connectivity index is 1.59. The molecule has 6 heteroatoms. The number of fused-ring (bicyclic) bond motifs is 1. The molecule has 0 spiro atoms. The predicted molar refractivity (Wildman–Crippen MR) is 113 cm³/mol. The zero-order valence-electron chi connectivity index (χ0n) is 16.2. The van der Waals surface area contributed by atoms with Gasteiger partial charge in [-0.25, -0.2) is 0 Å². The van der Waals surface area contributed by atoms with Crippen molar-refractivity contribution in [2.45, 2.75) is 26.7 Å². The van der Waals surface area contributed by atoms with Crippen LogP contribution in [-0.4, -0.2) is 17.7 Å². The van der Waals surface area contributed by atoms with E-state index >= 15 is 0 Å². The van der Waals surface area contributed by atoms with Crippen LogP contribution in [0.5, 0.6) is 0 Å². The van der Waals surface area contributed by atoms with E-state index in [0.717, 1.165) is 11.1 Å². The molecular formula is C23H21ClN2O3. The van der Waals surface area contributed by atoms with Crippen molar-refractivity contribution >= 4 is 40.7 Å². The van der Waals surface area contributed by atoms with Crippen LogP contribution in [0.15, 0.2) is 54.1 Å². The lowest BCUT2D eigenvalue weighted by Gasteiger charge is -2.18. The number of nitrogens with one attached hydrogen (secondary N) is 1. The van der Waals surface area contributed by atoms with Gasteiger partial charge in [0, 0.05) is 16.3 Å². The van der Waals surface area contributed by atoms with Gasteiger partial charge >= 0.3 is 0 Å². The summed E-state index contributed by atoms with van der Waals surface area (Å²) in [5.41, 5.74) is 3.44. The first-order valence-corrected chi connectivity index (χ1v) is 9.94. The van der Waals surface area contributed by atoms with Crippen molar-refractivity contribution in [1.82, 2.24) is 0 Å². The standard InChI is InChI=1S/C23H21ClN2O3/c1-13-6-9-18-19(10-13)23(29)26(22(18)28)17-5-3-4-15(11-17)21(27)25-20-12-16(24)8-7-14(20)2/h3-8,11-12,18-19H,9-10H2,1-2H3,(H,25,27)/t18-,19-/m0/s1. The fraction of sp³-hybridized carbons (Fsp3) is 0.261. The summed E-state index contributed by atoms with van der Waals surface area (Å²) in [5, 5.41) is 3.37. The predicted octanol–water partition coefficient (Wildman–Crippen LogP) is 4.75. The Bertz CT molecular complexity index is 1060. The van der Waals surface area contributed by atoms with Crippen LogP contribution in [0.4, 0.5) is 11.4 Å². The minimum atomic E-state index is -0.328. The Morgan fingerprint density at radius 3 is 2.62 bits per heavy atom. The molecule has 2 aliphatic rings. The van der Waals surface area contributed by atoms with Gasteiger partial charge < -0.3 is 5.32 Å². The topological polar surface area (TPSA) is 66.5 Å². The molecule has 0 aromatic heterocycles. The van der Waals surface area contributed by atoms with E-state index in [1.54, 1.807) is 36.4 Å². The van der Waals surface area contributed by atoms with Crippen molar-refractivity contribution in [3.63, 3.8) is 0 Å². The largest absolute Gasteiger partial charge is 0.322 e. The number of carbonyl (C=O) groups excluding carboxylic acids is 3. The first-order chi connectivity index (χ1) is 13.8. The first kappa shape index (κ1) is 19.4. The molecule has 5 nitrogen and oxygen atoms in total. The monoisotopic (exact) mass is 408 g/mol. The number of rotatable bonds is 3. The number of halogens is 1. The summed E-state index contributed by atoms with van der Waals surface area (Å²) in [6, 6.07) is 11.9. The van der Waals surface area contributed by atoms with Gasteiger partial charge in [-0.3, -0.25) is 19.3 Å². The number of allylic oxidation sites excluding steroid dienone is 2. The molecule has 1 saturated heterocycles. The summed E-state index contributed by atoms with van der Waals surface area (Å²) < 4.78 is 0. The number of hydrogen-bond donors (Lipinski definition) is 1. The van der Waals surface area contributed by atoms with Gasteiger partial charge in [0.2, 0.25) is 11.8 Å². The smallest absolute Gasteiger partial charge is 0.255 e.